The highest BCUT2D eigenvalue weighted by molar-refractivity contribution is 5.95. The lowest BCUT2D eigenvalue weighted by Crippen LogP contribution is -2.35. The lowest BCUT2D eigenvalue weighted by atomic mass is 9.81. The Bertz CT molecular complexity index is 1310. The van der Waals surface area contributed by atoms with Gasteiger partial charge in [0.05, 0.1) is 10.9 Å². The van der Waals surface area contributed by atoms with Gasteiger partial charge in [-0.3, -0.25) is 0 Å². The third kappa shape index (κ3) is 2.48. The Balaban J connectivity index is 1.85. The van der Waals surface area contributed by atoms with Crippen LogP contribution in [-0.2, 0) is 12.5 Å². The number of nitrogens with zero attached hydrogens (tertiary/aromatic N) is 1. The van der Waals surface area contributed by atoms with Crippen LogP contribution in [0.1, 0.15) is 36.2 Å². The van der Waals surface area contributed by atoms with Gasteiger partial charge in [0.1, 0.15) is 12.9 Å². The van der Waals surface area contributed by atoms with E-state index in [9.17, 15) is 4.39 Å². The minimum absolute atomic E-state index is 0.0430. The topological polar surface area (TPSA) is 3.88 Å². The summed E-state index contributed by atoms with van der Waals surface area (Å²) in [5.41, 5.74) is 10.1. The van der Waals surface area contributed by atoms with Crippen LogP contribution in [0.3, 0.4) is 0 Å². The molecule has 1 aromatic heterocycles. The Kier molecular flexibility index (Phi) is 3.73. The van der Waals surface area contributed by atoms with Crippen LogP contribution >= 0.6 is 0 Å². The molecule has 5 rings (SSSR count). The number of halogens is 1. The van der Waals surface area contributed by atoms with Crippen molar-refractivity contribution in [1.82, 2.24) is 0 Å². The zero-order valence-electron chi connectivity index (χ0n) is 17.6. The number of aryl methyl sites for hydroxylation is 2. The number of aromatic nitrogens is 1. The lowest BCUT2D eigenvalue weighted by molar-refractivity contribution is -0.665. The zero-order valence-corrected chi connectivity index (χ0v) is 17.6. The monoisotopic (exact) mass is 382 g/mol. The molecule has 144 valence electrons. The van der Waals surface area contributed by atoms with Gasteiger partial charge in [-0.1, -0.05) is 44.2 Å². The smallest absolute Gasteiger partial charge is 0.207 e. The Morgan fingerprint density at radius 3 is 2.34 bits per heavy atom. The van der Waals surface area contributed by atoms with Crippen LogP contribution in [0.2, 0.25) is 0 Å². The van der Waals surface area contributed by atoms with Gasteiger partial charge in [0.15, 0.2) is 5.69 Å². The van der Waals surface area contributed by atoms with Crippen LogP contribution in [0.15, 0.2) is 60.7 Å². The molecule has 0 saturated carbocycles. The molecule has 0 spiro atoms. The molecule has 0 aliphatic heterocycles. The first-order valence-electron chi connectivity index (χ1n) is 10.1. The van der Waals surface area contributed by atoms with Crippen molar-refractivity contribution < 1.29 is 8.96 Å². The van der Waals surface area contributed by atoms with E-state index in [-0.39, 0.29) is 11.2 Å². The van der Waals surface area contributed by atoms with E-state index in [4.69, 9.17) is 0 Å². The molecular formula is C27H25FN+. The van der Waals surface area contributed by atoms with Crippen molar-refractivity contribution in [2.45, 2.75) is 33.1 Å². The van der Waals surface area contributed by atoms with Crippen molar-refractivity contribution in [3.8, 4) is 22.4 Å². The summed E-state index contributed by atoms with van der Waals surface area (Å²) in [6.07, 6.45) is 0. The number of pyridine rings is 1. The summed E-state index contributed by atoms with van der Waals surface area (Å²) < 4.78 is 16.1. The number of hydrogen-bond donors (Lipinski definition) is 0. The maximum absolute atomic E-state index is 13.9. The van der Waals surface area contributed by atoms with Gasteiger partial charge < -0.3 is 0 Å². The fourth-order valence-corrected chi connectivity index (χ4v) is 4.98. The quantitative estimate of drug-likeness (QED) is 0.336. The molecule has 2 heteroatoms. The molecule has 0 fully saturated rings. The minimum Gasteiger partial charge on any atom is -0.207 e. The van der Waals surface area contributed by atoms with E-state index in [0.29, 0.717) is 0 Å². The normalized spacial score (nSPS) is 14.1. The average Bonchev–Trinajstić information content (AvgIpc) is 2.90. The van der Waals surface area contributed by atoms with Gasteiger partial charge in [0.2, 0.25) is 5.69 Å². The highest BCUT2D eigenvalue weighted by Gasteiger charge is 2.36. The van der Waals surface area contributed by atoms with E-state index >= 15 is 0 Å². The standard InChI is InChI=1S/C27H25FN/c1-16-12-23-21-8-6-7-9-24(21)27(3,4)25(23)15-22(16)26-20-11-10-19(28)14-18(20)13-17(2)29(26)5/h6-15H,1-5H3/q+1. The second-order valence-electron chi connectivity index (χ2n) is 8.81. The first-order chi connectivity index (χ1) is 13.8. The van der Waals surface area contributed by atoms with Crippen molar-refractivity contribution in [2.75, 3.05) is 0 Å². The predicted molar refractivity (Wildman–Crippen MR) is 118 cm³/mol. The summed E-state index contributed by atoms with van der Waals surface area (Å²) in [6.45, 7) is 8.87. The van der Waals surface area contributed by atoms with Crippen molar-refractivity contribution in [3.63, 3.8) is 0 Å². The van der Waals surface area contributed by atoms with Gasteiger partial charge in [-0.2, -0.15) is 4.57 Å². The minimum atomic E-state index is -0.195. The SMILES string of the molecule is Cc1cc2c(cc1-c1c3ccc(F)cc3cc(C)[n+]1C)C(C)(C)c1ccccc1-2. The van der Waals surface area contributed by atoms with Crippen LogP contribution in [-0.4, -0.2) is 0 Å². The highest BCUT2D eigenvalue weighted by Crippen LogP contribution is 2.50. The van der Waals surface area contributed by atoms with Gasteiger partial charge >= 0.3 is 0 Å². The van der Waals surface area contributed by atoms with E-state index < -0.39 is 0 Å². The maximum Gasteiger partial charge on any atom is 0.220 e. The van der Waals surface area contributed by atoms with Crippen molar-refractivity contribution in [1.29, 1.82) is 0 Å². The highest BCUT2D eigenvalue weighted by atomic mass is 19.1. The summed E-state index contributed by atoms with van der Waals surface area (Å²) in [7, 11) is 2.10. The summed E-state index contributed by atoms with van der Waals surface area (Å²) in [5, 5.41) is 2.02. The Morgan fingerprint density at radius 1 is 0.793 bits per heavy atom. The molecule has 0 atom stereocenters. The zero-order chi connectivity index (χ0) is 20.5. The average molecular weight is 383 g/mol. The van der Waals surface area contributed by atoms with Crippen LogP contribution in [0.4, 0.5) is 4.39 Å². The van der Waals surface area contributed by atoms with E-state index in [0.717, 1.165) is 22.2 Å². The van der Waals surface area contributed by atoms with E-state index in [1.807, 2.05) is 6.07 Å². The Hall–Kier alpha value is -3.00. The molecule has 3 aromatic carbocycles. The molecule has 0 unspecified atom stereocenters. The Labute approximate surface area is 171 Å². The molecule has 0 bridgehead atoms. The van der Waals surface area contributed by atoms with Crippen molar-refractivity contribution >= 4 is 10.8 Å². The summed E-state index contributed by atoms with van der Waals surface area (Å²) >= 11 is 0. The fourth-order valence-electron chi connectivity index (χ4n) is 4.98. The number of benzene rings is 3. The molecule has 0 amide bonds. The van der Waals surface area contributed by atoms with Gasteiger partial charge in [-0.15, -0.1) is 0 Å². The third-order valence-electron chi connectivity index (χ3n) is 6.68. The molecule has 1 heterocycles. The van der Waals surface area contributed by atoms with Gasteiger partial charge in [-0.25, -0.2) is 4.39 Å². The van der Waals surface area contributed by atoms with E-state index in [1.165, 1.54) is 33.4 Å². The molecule has 4 aromatic rings. The third-order valence-corrected chi connectivity index (χ3v) is 6.68. The van der Waals surface area contributed by atoms with Crippen LogP contribution in [0.25, 0.3) is 33.2 Å². The molecule has 0 N–H and O–H groups in total. The molecule has 0 saturated heterocycles. The number of rotatable bonds is 1. The van der Waals surface area contributed by atoms with Crippen LogP contribution in [0, 0.1) is 19.7 Å². The summed E-state index contributed by atoms with van der Waals surface area (Å²) in [6, 6.07) is 20.6. The predicted octanol–water partition coefficient (Wildman–Crippen LogP) is 6.39. The molecule has 1 aliphatic carbocycles. The van der Waals surface area contributed by atoms with Crippen molar-refractivity contribution in [2.24, 2.45) is 7.05 Å². The van der Waals surface area contributed by atoms with Gasteiger partial charge in [-0.05, 0) is 64.4 Å². The molecule has 1 nitrogen and oxygen atoms in total. The maximum atomic E-state index is 13.9. The first kappa shape index (κ1) is 18.1. The Morgan fingerprint density at radius 2 is 1.55 bits per heavy atom. The summed E-state index contributed by atoms with van der Waals surface area (Å²) in [4.78, 5) is 0. The number of hydrogen-bond acceptors (Lipinski definition) is 0. The largest absolute Gasteiger partial charge is 0.220 e. The van der Waals surface area contributed by atoms with Gasteiger partial charge in [0.25, 0.3) is 0 Å². The second-order valence-corrected chi connectivity index (χ2v) is 8.81. The lowest BCUT2D eigenvalue weighted by Gasteiger charge is -2.22. The first-order valence-corrected chi connectivity index (χ1v) is 10.1. The second kappa shape index (κ2) is 6.00. The fraction of sp³-hybridized carbons (Fsp3) is 0.222. The van der Waals surface area contributed by atoms with Crippen molar-refractivity contribution in [3.05, 3.63) is 88.9 Å². The molecule has 1 aliphatic rings. The van der Waals surface area contributed by atoms with Crippen LogP contribution in [0.5, 0.6) is 0 Å². The molecule has 0 radical (unpaired) electrons. The molecular weight excluding hydrogens is 357 g/mol. The summed E-state index contributed by atoms with van der Waals surface area (Å²) in [5.74, 6) is -0.195. The van der Waals surface area contributed by atoms with E-state index in [2.05, 4.69) is 81.8 Å². The number of fused-ring (bicyclic) bond motifs is 4. The van der Waals surface area contributed by atoms with E-state index in [1.54, 1.807) is 12.1 Å². The van der Waals surface area contributed by atoms with Crippen LogP contribution < -0.4 is 4.57 Å². The van der Waals surface area contributed by atoms with Gasteiger partial charge in [0, 0.05) is 18.4 Å². The molecule has 29 heavy (non-hydrogen) atoms.